The molecule has 2 N–H and O–H groups in total. The van der Waals surface area contributed by atoms with Crippen molar-refractivity contribution in [2.24, 2.45) is 0 Å². The van der Waals surface area contributed by atoms with Crippen LogP contribution in [0.3, 0.4) is 0 Å². The maximum atomic E-state index is 12.5. The third-order valence-corrected chi connectivity index (χ3v) is 3.66. The maximum Gasteiger partial charge on any atom is 0.329 e. The number of carboxylic acid groups (broad SMARTS) is 1. The number of aryl methyl sites for hydroxylation is 1. The summed E-state index contributed by atoms with van der Waals surface area (Å²) in [5.41, 5.74) is 0.595. The first kappa shape index (κ1) is 15.0. The van der Waals surface area contributed by atoms with Gasteiger partial charge in [0.15, 0.2) is 0 Å². The van der Waals surface area contributed by atoms with E-state index < -0.39 is 17.4 Å². The second-order valence-corrected chi connectivity index (χ2v) is 5.27. The van der Waals surface area contributed by atoms with E-state index in [1.807, 2.05) is 18.2 Å². The van der Waals surface area contributed by atoms with E-state index in [0.29, 0.717) is 23.1 Å². The smallest absolute Gasteiger partial charge is 0.329 e. The first-order chi connectivity index (χ1) is 9.87. The van der Waals surface area contributed by atoms with Crippen molar-refractivity contribution in [2.75, 3.05) is 0 Å². The molecule has 0 aliphatic carbocycles. The average Bonchev–Trinajstić information content (AvgIpc) is 2.45. The van der Waals surface area contributed by atoms with Crippen LogP contribution in [0.4, 0.5) is 0 Å². The van der Waals surface area contributed by atoms with Crippen LogP contribution < -0.4 is 5.32 Å². The highest BCUT2D eigenvalue weighted by Gasteiger charge is 2.33. The lowest BCUT2D eigenvalue weighted by molar-refractivity contribution is -0.143. The molecule has 0 aliphatic heterocycles. The highest BCUT2D eigenvalue weighted by atomic mass is 16.4. The number of pyridine rings is 1. The van der Waals surface area contributed by atoms with Gasteiger partial charge >= 0.3 is 5.97 Å². The van der Waals surface area contributed by atoms with E-state index in [-0.39, 0.29) is 0 Å². The van der Waals surface area contributed by atoms with Crippen LogP contribution in [-0.2, 0) is 4.79 Å². The Hall–Kier alpha value is -2.43. The second-order valence-electron chi connectivity index (χ2n) is 5.27. The number of amides is 1. The monoisotopic (exact) mass is 286 g/mol. The van der Waals surface area contributed by atoms with Gasteiger partial charge in [-0.2, -0.15) is 0 Å². The molecule has 0 radical (unpaired) electrons. The van der Waals surface area contributed by atoms with Gasteiger partial charge in [-0.05, 0) is 32.4 Å². The average molecular weight is 286 g/mol. The van der Waals surface area contributed by atoms with Crippen molar-refractivity contribution in [3.05, 3.63) is 41.6 Å². The van der Waals surface area contributed by atoms with E-state index in [1.165, 1.54) is 6.92 Å². The molecule has 0 spiro atoms. The molecule has 0 fully saturated rings. The van der Waals surface area contributed by atoms with Gasteiger partial charge in [-0.1, -0.05) is 25.1 Å². The number of nitrogens with one attached hydrogen (secondary N) is 1. The molecule has 2 aromatic rings. The molecule has 5 heteroatoms. The van der Waals surface area contributed by atoms with Crippen molar-refractivity contribution in [1.82, 2.24) is 10.3 Å². The Balaban J connectivity index is 2.47. The Kier molecular flexibility index (Phi) is 3.93. The first-order valence-corrected chi connectivity index (χ1v) is 6.79. The largest absolute Gasteiger partial charge is 0.480 e. The minimum Gasteiger partial charge on any atom is -0.480 e. The number of para-hydroxylation sites is 1. The Labute approximate surface area is 123 Å². The molecule has 1 unspecified atom stereocenters. The van der Waals surface area contributed by atoms with E-state index in [1.54, 1.807) is 26.0 Å². The third kappa shape index (κ3) is 2.86. The van der Waals surface area contributed by atoms with Gasteiger partial charge in [-0.15, -0.1) is 0 Å². The Morgan fingerprint density at radius 3 is 2.62 bits per heavy atom. The van der Waals surface area contributed by atoms with E-state index in [2.05, 4.69) is 10.3 Å². The number of nitrogens with zero attached hydrogens (tertiary/aromatic N) is 1. The van der Waals surface area contributed by atoms with E-state index in [4.69, 9.17) is 0 Å². The molecule has 5 nitrogen and oxygen atoms in total. The molecule has 110 valence electrons. The van der Waals surface area contributed by atoms with Gasteiger partial charge < -0.3 is 10.4 Å². The molecule has 1 amide bonds. The summed E-state index contributed by atoms with van der Waals surface area (Å²) in [4.78, 5) is 28.2. The predicted octanol–water partition coefficient (Wildman–Crippen LogP) is 2.53. The number of rotatable bonds is 4. The first-order valence-electron chi connectivity index (χ1n) is 6.79. The number of hydrogen-bond acceptors (Lipinski definition) is 3. The number of carbonyl (C=O) groups excluding carboxylic acids is 1. The van der Waals surface area contributed by atoms with Crippen molar-refractivity contribution in [2.45, 2.75) is 32.7 Å². The van der Waals surface area contributed by atoms with Crippen molar-refractivity contribution in [3.63, 3.8) is 0 Å². The Morgan fingerprint density at radius 2 is 2.00 bits per heavy atom. The lowest BCUT2D eigenvalue weighted by Gasteiger charge is -2.25. The van der Waals surface area contributed by atoms with Crippen LogP contribution in [-0.4, -0.2) is 27.5 Å². The highest BCUT2D eigenvalue weighted by Crippen LogP contribution is 2.19. The van der Waals surface area contributed by atoms with Gasteiger partial charge in [-0.25, -0.2) is 4.79 Å². The Bertz CT molecular complexity index is 712. The summed E-state index contributed by atoms with van der Waals surface area (Å²) in [5, 5.41) is 12.6. The van der Waals surface area contributed by atoms with Gasteiger partial charge in [0, 0.05) is 11.1 Å². The molecule has 0 saturated carbocycles. The standard InChI is InChI=1S/C16H18N2O3/c1-4-16(3,15(20)21)18-14(19)12-9-10(2)17-13-8-6-5-7-11(12)13/h5-9H,4H2,1-3H3,(H,18,19)(H,20,21). The number of aromatic nitrogens is 1. The van der Waals surface area contributed by atoms with E-state index in [0.717, 1.165) is 5.52 Å². The fraction of sp³-hybridized carbons (Fsp3) is 0.312. The lowest BCUT2D eigenvalue weighted by atomic mass is 9.98. The van der Waals surface area contributed by atoms with Crippen LogP contribution >= 0.6 is 0 Å². The number of fused-ring (bicyclic) bond motifs is 1. The third-order valence-electron chi connectivity index (χ3n) is 3.66. The summed E-state index contributed by atoms with van der Waals surface area (Å²) in [6.45, 7) is 5.03. The SMILES string of the molecule is CCC(C)(NC(=O)c1cc(C)nc2ccccc12)C(=O)O. The van der Waals surface area contributed by atoms with Crippen molar-refractivity contribution in [3.8, 4) is 0 Å². The summed E-state index contributed by atoms with van der Waals surface area (Å²) in [5.74, 6) is -1.45. The molecule has 21 heavy (non-hydrogen) atoms. The molecular formula is C16H18N2O3. The molecule has 0 bridgehead atoms. The fourth-order valence-corrected chi connectivity index (χ4v) is 2.11. The zero-order chi connectivity index (χ0) is 15.6. The molecule has 1 atom stereocenters. The minimum absolute atomic E-state index is 0.302. The lowest BCUT2D eigenvalue weighted by Crippen LogP contribution is -2.51. The molecule has 0 saturated heterocycles. The van der Waals surface area contributed by atoms with Gasteiger partial charge in [-0.3, -0.25) is 9.78 Å². The van der Waals surface area contributed by atoms with E-state index in [9.17, 15) is 14.7 Å². The molecule has 2 rings (SSSR count). The quantitative estimate of drug-likeness (QED) is 0.905. The van der Waals surface area contributed by atoms with Crippen molar-refractivity contribution in [1.29, 1.82) is 0 Å². The summed E-state index contributed by atoms with van der Waals surface area (Å²) in [6, 6.07) is 8.99. The number of carbonyl (C=O) groups is 2. The van der Waals surface area contributed by atoms with Gasteiger partial charge in [0.25, 0.3) is 5.91 Å². The number of aliphatic carboxylic acids is 1. The number of carboxylic acids is 1. The topological polar surface area (TPSA) is 79.3 Å². The summed E-state index contributed by atoms with van der Waals surface area (Å²) < 4.78 is 0. The normalized spacial score (nSPS) is 13.7. The van der Waals surface area contributed by atoms with Crippen LogP contribution in [0.5, 0.6) is 0 Å². The highest BCUT2D eigenvalue weighted by molar-refractivity contribution is 6.07. The molecule has 0 aliphatic rings. The fourth-order valence-electron chi connectivity index (χ4n) is 2.11. The van der Waals surface area contributed by atoms with Crippen molar-refractivity contribution < 1.29 is 14.7 Å². The Morgan fingerprint density at radius 1 is 1.33 bits per heavy atom. The van der Waals surface area contributed by atoms with Gasteiger partial charge in [0.2, 0.25) is 0 Å². The van der Waals surface area contributed by atoms with Crippen LogP contribution in [0, 0.1) is 6.92 Å². The van der Waals surface area contributed by atoms with Crippen LogP contribution in [0.2, 0.25) is 0 Å². The molecular weight excluding hydrogens is 268 g/mol. The van der Waals surface area contributed by atoms with Crippen molar-refractivity contribution >= 4 is 22.8 Å². The zero-order valence-electron chi connectivity index (χ0n) is 12.3. The van der Waals surface area contributed by atoms with Gasteiger partial charge in [0.1, 0.15) is 5.54 Å². The molecule has 1 aromatic heterocycles. The summed E-state index contributed by atoms with van der Waals surface area (Å²) in [7, 11) is 0. The van der Waals surface area contributed by atoms with Gasteiger partial charge in [0.05, 0.1) is 11.1 Å². The molecule has 1 heterocycles. The predicted molar refractivity (Wildman–Crippen MR) is 80.3 cm³/mol. The molecule has 1 aromatic carbocycles. The van der Waals surface area contributed by atoms with E-state index >= 15 is 0 Å². The number of benzene rings is 1. The summed E-state index contributed by atoms with van der Waals surface area (Å²) >= 11 is 0. The zero-order valence-corrected chi connectivity index (χ0v) is 12.3. The second kappa shape index (κ2) is 5.52. The minimum atomic E-state index is -1.28. The summed E-state index contributed by atoms with van der Waals surface area (Å²) in [6.07, 6.45) is 0.302. The van der Waals surface area contributed by atoms with Crippen LogP contribution in [0.1, 0.15) is 36.3 Å². The van der Waals surface area contributed by atoms with Crippen LogP contribution in [0.25, 0.3) is 10.9 Å². The van der Waals surface area contributed by atoms with Crippen LogP contribution in [0.15, 0.2) is 30.3 Å². The number of hydrogen-bond donors (Lipinski definition) is 2. The maximum absolute atomic E-state index is 12.5.